The number of hydrogen-bond acceptors (Lipinski definition) is 4. The van der Waals surface area contributed by atoms with Gasteiger partial charge in [-0.1, -0.05) is 25.1 Å². The average Bonchev–Trinajstić information content (AvgIpc) is 1.96. The number of hydrogen-bond donors (Lipinski definition) is 1. The van der Waals surface area contributed by atoms with Gasteiger partial charge in [-0.3, -0.25) is 10.1 Å². The van der Waals surface area contributed by atoms with Crippen molar-refractivity contribution in [3.8, 4) is 0 Å². The third-order valence-corrected chi connectivity index (χ3v) is 2.51. The SMILES string of the molecule is CCCCC(SC(C)O)[N+](=O)[O-]. The molecule has 2 unspecified atom stereocenters. The Morgan fingerprint density at radius 1 is 1.67 bits per heavy atom. The molecule has 5 heteroatoms. The van der Waals surface area contributed by atoms with Crippen LogP contribution in [0.15, 0.2) is 0 Å². The van der Waals surface area contributed by atoms with Crippen molar-refractivity contribution in [2.75, 3.05) is 0 Å². The van der Waals surface area contributed by atoms with Gasteiger partial charge in [-0.25, -0.2) is 0 Å². The van der Waals surface area contributed by atoms with Crippen LogP contribution in [0, 0.1) is 10.1 Å². The molecule has 0 aliphatic carbocycles. The summed E-state index contributed by atoms with van der Waals surface area (Å²) < 4.78 is 0. The minimum Gasteiger partial charge on any atom is -0.382 e. The lowest BCUT2D eigenvalue weighted by atomic mass is 10.2. The molecule has 0 spiro atoms. The molecule has 0 saturated carbocycles. The second kappa shape index (κ2) is 6.25. The lowest BCUT2D eigenvalue weighted by Gasteiger charge is -2.09. The zero-order valence-electron chi connectivity index (χ0n) is 7.40. The Bertz CT molecular complexity index is 141. The van der Waals surface area contributed by atoms with Crippen molar-refractivity contribution in [2.45, 2.75) is 43.9 Å². The molecule has 12 heavy (non-hydrogen) atoms. The van der Waals surface area contributed by atoms with E-state index >= 15 is 0 Å². The maximum absolute atomic E-state index is 10.4. The number of rotatable bonds is 6. The Morgan fingerprint density at radius 2 is 2.25 bits per heavy atom. The molecule has 0 radical (unpaired) electrons. The Hall–Kier alpha value is -0.290. The van der Waals surface area contributed by atoms with Crippen molar-refractivity contribution in [1.82, 2.24) is 0 Å². The summed E-state index contributed by atoms with van der Waals surface area (Å²) in [4.78, 5) is 10.1. The first kappa shape index (κ1) is 11.7. The number of aliphatic hydroxyl groups is 1. The van der Waals surface area contributed by atoms with Crippen molar-refractivity contribution in [3.05, 3.63) is 10.1 Å². The van der Waals surface area contributed by atoms with Gasteiger partial charge < -0.3 is 5.11 Å². The summed E-state index contributed by atoms with van der Waals surface area (Å²) in [5, 5.41) is 18.7. The molecule has 0 aromatic heterocycles. The van der Waals surface area contributed by atoms with E-state index in [1.807, 2.05) is 6.92 Å². The van der Waals surface area contributed by atoms with E-state index < -0.39 is 10.8 Å². The number of aliphatic hydroxyl groups excluding tert-OH is 1. The van der Waals surface area contributed by atoms with Crippen LogP contribution in [-0.4, -0.2) is 20.8 Å². The number of nitrogens with zero attached hydrogens (tertiary/aromatic N) is 1. The minimum absolute atomic E-state index is 0.326. The van der Waals surface area contributed by atoms with Crippen molar-refractivity contribution in [2.24, 2.45) is 0 Å². The fraction of sp³-hybridized carbons (Fsp3) is 1.00. The summed E-state index contributed by atoms with van der Waals surface area (Å²) in [6, 6.07) is 0. The summed E-state index contributed by atoms with van der Waals surface area (Å²) in [6.45, 7) is 3.54. The number of nitro groups is 1. The van der Waals surface area contributed by atoms with Gasteiger partial charge in [0.2, 0.25) is 0 Å². The molecule has 0 aromatic rings. The minimum atomic E-state index is -0.655. The molecule has 72 valence electrons. The van der Waals surface area contributed by atoms with Gasteiger partial charge in [0.05, 0.1) is 0 Å². The van der Waals surface area contributed by atoms with E-state index in [9.17, 15) is 10.1 Å². The van der Waals surface area contributed by atoms with E-state index in [0.717, 1.165) is 24.6 Å². The summed E-state index contributed by atoms with van der Waals surface area (Å²) in [7, 11) is 0. The Morgan fingerprint density at radius 3 is 2.58 bits per heavy atom. The van der Waals surface area contributed by atoms with Gasteiger partial charge in [0.1, 0.15) is 5.44 Å². The summed E-state index contributed by atoms with van der Waals surface area (Å²) in [6.07, 6.45) is 2.33. The van der Waals surface area contributed by atoms with Crippen LogP contribution in [0.2, 0.25) is 0 Å². The molecule has 2 atom stereocenters. The van der Waals surface area contributed by atoms with Crippen LogP contribution >= 0.6 is 11.8 Å². The quantitative estimate of drug-likeness (QED) is 0.397. The molecule has 0 heterocycles. The normalized spacial score (nSPS) is 15.6. The van der Waals surface area contributed by atoms with E-state index in [2.05, 4.69) is 0 Å². The molecule has 0 amide bonds. The molecule has 0 aromatic carbocycles. The Labute approximate surface area is 76.5 Å². The fourth-order valence-corrected chi connectivity index (χ4v) is 1.69. The van der Waals surface area contributed by atoms with E-state index in [-0.39, 0.29) is 4.92 Å². The largest absolute Gasteiger partial charge is 0.382 e. The molecule has 1 N–H and O–H groups in total. The van der Waals surface area contributed by atoms with Crippen LogP contribution in [0.25, 0.3) is 0 Å². The molecular formula is C7H15NO3S. The molecule has 0 bridgehead atoms. The summed E-state index contributed by atoms with van der Waals surface area (Å²) in [5.41, 5.74) is -0.655. The first-order valence-corrected chi connectivity index (χ1v) is 4.99. The third-order valence-electron chi connectivity index (χ3n) is 1.39. The molecule has 0 saturated heterocycles. The molecule has 4 nitrogen and oxygen atoms in total. The summed E-state index contributed by atoms with van der Waals surface area (Å²) in [5.74, 6) is 0. The van der Waals surface area contributed by atoms with Crippen LogP contribution in [0.1, 0.15) is 33.1 Å². The maximum Gasteiger partial charge on any atom is 0.260 e. The molecular weight excluding hydrogens is 178 g/mol. The van der Waals surface area contributed by atoms with Crippen LogP contribution in [0.5, 0.6) is 0 Å². The number of unbranched alkanes of at least 4 members (excludes halogenated alkanes) is 1. The van der Waals surface area contributed by atoms with Gasteiger partial charge in [0, 0.05) is 11.3 Å². The second-order valence-corrected chi connectivity index (χ2v) is 4.12. The van der Waals surface area contributed by atoms with Gasteiger partial charge in [0.25, 0.3) is 5.37 Å². The van der Waals surface area contributed by atoms with Gasteiger partial charge in [-0.15, -0.1) is 0 Å². The lowest BCUT2D eigenvalue weighted by molar-refractivity contribution is -0.496. The topological polar surface area (TPSA) is 63.4 Å². The maximum atomic E-state index is 10.4. The summed E-state index contributed by atoms with van der Waals surface area (Å²) >= 11 is 1.00. The predicted molar refractivity (Wildman–Crippen MR) is 49.6 cm³/mol. The Kier molecular flexibility index (Phi) is 6.10. The highest BCUT2D eigenvalue weighted by atomic mass is 32.2. The van der Waals surface area contributed by atoms with Crippen LogP contribution in [0.3, 0.4) is 0 Å². The third kappa shape index (κ3) is 5.37. The van der Waals surface area contributed by atoms with Gasteiger partial charge in [-0.2, -0.15) is 0 Å². The smallest absolute Gasteiger partial charge is 0.260 e. The van der Waals surface area contributed by atoms with Crippen LogP contribution in [-0.2, 0) is 0 Å². The van der Waals surface area contributed by atoms with Crippen LogP contribution < -0.4 is 0 Å². The number of thioether (sulfide) groups is 1. The zero-order valence-corrected chi connectivity index (χ0v) is 8.21. The van der Waals surface area contributed by atoms with E-state index in [0.29, 0.717) is 6.42 Å². The highest BCUT2D eigenvalue weighted by Crippen LogP contribution is 2.21. The van der Waals surface area contributed by atoms with Crippen molar-refractivity contribution in [1.29, 1.82) is 0 Å². The van der Waals surface area contributed by atoms with Gasteiger partial charge in [0.15, 0.2) is 0 Å². The van der Waals surface area contributed by atoms with Gasteiger partial charge >= 0.3 is 0 Å². The zero-order chi connectivity index (χ0) is 9.56. The van der Waals surface area contributed by atoms with E-state index in [1.54, 1.807) is 6.92 Å². The highest BCUT2D eigenvalue weighted by molar-refractivity contribution is 8.00. The van der Waals surface area contributed by atoms with Gasteiger partial charge in [-0.05, 0) is 13.3 Å². The molecule has 0 fully saturated rings. The molecule has 0 rings (SSSR count). The van der Waals surface area contributed by atoms with E-state index in [4.69, 9.17) is 5.11 Å². The van der Waals surface area contributed by atoms with Crippen molar-refractivity contribution < 1.29 is 10.0 Å². The Balaban J connectivity index is 3.78. The van der Waals surface area contributed by atoms with Crippen molar-refractivity contribution >= 4 is 11.8 Å². The molecule has 0 aliphatic rings. The standard InChI is InChI=1S/C7H15NO3S/c1-3-4-5-7(8(10)11)12-6(2)9/h6-7,9H,3-5H2,1-2H3. The fourth-order valence-electron chi connectivity index (χ4n) is 0.829. The predicted octanol–water partition coefficient (Wildman–Crippen LogP) is 1.85. The van der Waals surface area contributed by atoms with E-state index in [1.165, 1.54) is 0 Å². The average molecular weight is 193 g/mol. The molecule has 0 aliphatic heterocycles. The first-order chi connectivity index (χ1) is 5.57. The second-order valence-electron chi connectivity index (χ2n) is 2.62. The highest BCUT2D eigenvalue weighted by Gasteiger charge is 2.21. The lowest BCUT2D eigenvalue weighted by Crippen LogP contribution is -2.18. The first-order valence-electron chi connectivity index (χ1n) is 4.05. The van der Waals surface area contributed by atoms with Crippen LogP contribution in [0.4, 0.5) is 0 Å². The van der Waals surface area contributed by atoms with Crippen molar-refractivity contribution in [3.63, 3.8) is 0 Å². The monoisotopic (exact) mass is 193 g/mol.